The van der Waals surface area contributed by atoms with Gasteiger partial charge in [0.25, 0.3) is 0 Å². The topological polar surface area (TPSA) is 81.8 Å². The van der Waals surface area contributed by atoms with Crippen LogP contribution in [0, 0.1) is 19.8 Å². The average molecular weight is 526 g/mol. The second-order valence-electron chi connectivity index (χ2n) is 9.37. The largest absolute Gasteiger partial charge is 0.491 e. The summed E-state index contributed by atoms with van der Waals surface area (Å²) >= 11 is 7.28. The fourth-order valence-corrected chi connectivity index (χ4v) is 5.92. The maximum atomic E-state index is 11.8. The van der Waals surface area contributed by atoms with E-state index in [0.717, 1.165) is 52.8 Å². The van der Waals surface area contributed by atoms with Gasteiger partial charge in [-0.3, -0.25) is 0 Å². The van der Waals surface area contributed by atoms with Crippen LogP contribution in [0.1, 0.15) is 52.4 Å². The molecule has 4 aromatic rings. The third-order valence-electron chi connectivity index (χ3n) is 6.65. The summed E-state index contributed by atoms with van der Waals surface area (Å²) in [5.41, 5.74) is 2.96. The summed E-state index contributed by atoms with van der Waals surface area (Å²) < 4.78 is 19.1. The van der Waals surface area contributed by atoms with Crippen LogP contribution in [0.25, 0.3) is 21.5 Å². The Bertz CT molecular complexity index is 1380. The zero-order chi connectivity index (χ0) is 25.2. The van der Waals surface area contributed by atoms with Crippen LogP contribution in [0.4, 0.5) is 0 Å². The van der Waals surface area contributed by atoms with E-state index in [2.05, 4.69) is 11.9 Å². The van der Waals surface area contributed by atoms with Crippen LogP contribution in [0.5, 0.6) is 5.75 Å². The molecule has 0 bridgehead atoms. The van der Waals surface area contributed by atoms with Crippen LogP contribution in [-0.2, 0) is 11.3 Å². The smallest absolute Gasteiger partial charge is 0.349 e. The Kier molecular flexibility index (Phi) is 7.32. The lowest BCUT2D eigenvalue weighted by atomic mass is 9.88. The molecule has 0 saturated heterocycles. The molecule has 0 radical (unpaired) electrons. The molecule has 2 aromatic carbocycles. The number of aromatic carboxylic acids is 1. The first-order valence-electron chi connectivity index (χ1n) is 12.1. The first-order chi connectivity index (χ1) is 17.4. The second kappa shape index (κ2) is 10.6. The molecule has 1 N–H and O–H groups in total. The molecule has 5 rings (SSSR count). The Morgan fingerprint density at radius 1 is 1.19 bits per heavy atom. The molecule has 1 aliphatic rings. The molecule has 0 spiro atoms. The first kappa shape index (κ1) is 24.8. The van der Waals surface area contributed by atoms with Crippen molar-refractivity contribution >= 4 is 39.0 Å². The number of carboxylic acids is 1. The number of rotatable bonds is 8. The number of thiophene rings is 1. The van der Waals surface area contributed by atoms with E-state index in [4.69, 9.17) is 25.5 Å². The fourth-order valence-electron chi connectivity index (χ4n) is 4.65. The normalized spacial score (nSPS) is 18.0. The van der Waals surface area contributed by atoms with Crippen molar-refractivity contribution in [2.24, 2.45) is 5.92 Å². The predicted molar refractivity (Wildman–Crippen MR) is 141 cm³/mol. The van der Waals surface area contributed by atoms with E-state index in [1.165, 1.54) is 16.9 Å². The van der Waals surface area contributed by atoms with Gasteiger partial charge in [0.15, 0.2) is 10.6 Å². The molecule has 2 heterocycles. The number of halogens is 1. The molecule has 0 aliphatic heterocycles. The van der Waals surface area contributed by atoms with Gasteiger partial charge in [0.1, 0.15) is 11.5 Å². The van der Waals surface area contributed by atoms with Gasteiger partial charge in [-0.15, -0.1) is 11.3 Å². The van der Waals surface area contributed by atoms with Gasteiger partial charge < -0.3 is 19.0 Å². The minimum atomic E-state index is -0.986. The number of carbonyl (C=O) groups is 1. The van der Waals surface area contributed by atoms with Crippen LogP contribution in [0.15, 0.2) is 46.9 Å². The Morgan fingerprint density at radius 3 is 2.78 bits per heavy atom. The van der Waals surface area contributed by atoms with Crippen LogP contribution < -0.4 is 4.74 Å². The molecule has 1 saturated carbocycles. The maximum Gasteiger partial charge on any atom is 0.349 e. The third-order valence-corrected chi connectivity index (χ3v) is 8.00. The Hall–Kier alpha value is -2.87. The van der Waals surface area contributed by atoms with E-state index in [-0.39, 0.29) is 16.9 Å². The summed E-state index contributed by atoms with van der Waals surface area (Å²) in [6.45, 7) is 4.82. The van der Waals surface area contributed by atoms with Crippen molar-refractivity contribution < 1.29 is 23.8 Å². The lowest BCUT2D eigenvalue weighted by Crippen LogP contribution is -2.26. The molecule has 6 nitrogen and oxygen atoms in total. The van der Waals surface area contributed by atoms with E-state index in [0.29, 0.717) is 29.9 Å². The minimum absolute atomic E-state index is 0.100. The van der Waals surface area contributed by atoms with Gasteiger partial charge in [0, 0.05) is 20.7 Å². The molecule has 1 aliphatic carbocycles. The van der Waals surface area contributed by atoms with Crippen molar-refractivity contribution in [3.63, 3.8) is 0 Å². The van der Waals surface area contributed by atoms with Gasteiger partial charge in [-0.05, 0) is 69.4 Å². The summed E-state index contributed by atoms with van der Waals surface area (Å²) in [5, 5.41) is 11.0. The summed E-state index contributed by atoms with van der Waals surface area (Å²) in [4.78, 5) is 16.7. The van der Waals surface area contributed by atoms with Crippen LogP contribution in [0.2, 0.25) is 5.02 Å². The lowest BCUT2D eigenvalue weighted by molar-refractivity contribution is -0.00591. The van der Waals surface area contributed by atoms with Crippen LogP contribution >= 0.6 is 22.9 Å². The van der Waals surface area contributed by atoms with Crippen LogP contribution in [-0.4, -0.2) is 28.8 Å². The van der Waals surface area contributed by atoms with Gasteiger partial charge in [-0.25, -0.2) is 9.78 Å². The quantitative estimate of drug-likeness (QED) is 0.254. The standard InChI is InChI=1S/C28H28ClNO5S/c1-16-6-8-19(9-7-16)27-30-23(17(2)35-27)15-33-21-5-3-4-18(12-21)14-34-25-22-11-10-20(29)13-24(22)36-26(25)28(31)32/h6-11,13,18,21H,3-5,12,14-15H2,1-2H3,(H,31,32)/t18-,21+/m1/s1. The number of carboxylic acid groups (broad SMARTS) is 1. The number of ether oxygens (including phenoxy) is 2. The molecular weight excluding hydrogens is 498 g/mol. The lowest BCUT2D eigenvalue weighted by Gasteiger charge is -2.29. The van der Waals surface area contributed by atoms with E-state index < -0.39 is 5.97 Å². The molecule has 8 heteroatoms. The molecule has 2 aromatic heterocycles. The highest BCUT2D eigenvalue weighted by molar-refractivity contribution is 7.21. The Morgan fingerprint density at radius 2 is 2.00 bits per heavy atom. The molecule has 1 fully saturated rings. The second-order valence-corrected chi connectivity index (χ2v) is 10.9. The molecule has 36 heavy (non-hydrogen) atoms. The predicted octanol–water partition coefficient (Wildman–Crippen LogP) is 7.68. The number of benzene rings is 2. The van der Waals surface area contributed by atoms with Crippen molar-refractivity contribution in [1.29, 1.82) is 0 Å². The zero-order valence-corrected chi connectivity index (χ0v) is 21.8. The number of nitrogens with zero attached hydrogens (tertiary/aromatic N) is 1. The highest BCUT2D eigenvalue weighted by Crippen LogP contribution is 2.40. The van der Waals surface area contributed by atoms with E-state index in [1.54, 1.807) is 12.1 Å². The third kappa shape index (κ3) is 5.43. The number of fused-ring (bicyclic) bond motifs is 1. The number of oxazole rings is 1. The monoisotopic (exact) mass is 525 g/mol. The van der Waals surface area contributed by atoms with E-state index in [1.807, 2.05) is 37.3 Å². The number of aryl methyl sites for hydroxylation is 2. The molecule has 188 valence electrons. The van der Waals surface area contributed by atoms with Gasteiger partial charge >= 0.3 is 5.97 Å². The first-order valence-corrected chi connectivity index (χ1v) is 13.3. The number of aromatic nitrogens is 1. The molecule has 2 atom stereocenters. The van der Waals surface area contributed by atoms with Crippen molar-refractivity contribution in [1.82, 2.24) is 4.98 Å². The van der Waals surface area contributed by atoms with Crippen molar-refractivity contribution in [2.75, 3.05) is 6.61 Å². The maximum absolute atomic E-state index is 11.8. The highest BCUT2D eigenvalue weighted by Gasteiger charge is 2.26. The van der Waals surface area contributed by atoms with E-state index in [9.17, 15) is 9.90 Å². The zero-order valence-electron chi connectivity index (χ0n) is 20.3. The van der Waals surface area contributed by atoms with Crippen LogP contribution in [0.3, 0.4) is 0 Å². The van der Waals surface area contributed by atoms with Crippen molar-refractivity contribution in [3.05, 3.63) is 69.4 Å². The molecular formula is C28H28ClNO5S. The molecule has 0 unspecified atom stereocenters. The fraction of sp³-hybridized carbons (Fsp3) is 0.357. The van der Waals surface area contributed by atoms with Crippen molar-refractivity contribution in [2.45, 2.75) is 52.2 Å². The summed E-state index contributed by atoms with van der Waals surface area (Å²) in [5.74, 6) is 1.12. The summed E-state index contributed by atoms with van der Waals surface area (Å²) in [6.07, 6.45) is 4.01. The van der Waals surface area contributed by atoms with Gasteiger partial charge in [-0.2, -0.15) is 0 Å². The minimum Gasteiger partial charge on any atom is -0.491 e. The van der Waals surface area contributed by atoms with Gasteiger partial charge in [-0.1, -0.05) is 35.7 Å². The number of hydrogen-bond acceptors (Lipinski definition) is 6. The Balaban J connectivity index is 1.20. The van der Waals surface area contributed by atoms with Crippen molar-refractivity contribution in [3.8, 4) is 17.2 Å². The van der Waals surface area contributed by atoms with Gasteiger partial charge in [0.05, 0.1) is 19.3 Å². The Labute approximate surface area is 218 Å². The van der Waals surface area contributed by atoms with E-state index >= 15 is 0 Å². The number of hydrogen-bond donors (Lipinski definition) is 1. The van der Waals surface area contributed by atoms with Gasteiger partial charge in [0.2, 0.25) is 5.89 Å². The highest BCUT2D eigenvalue weighted by atomic mass is 35.5. The molecule has 0 amide bonds. The summed E-state index contributed by atoms with van der Waals surface area (Å²) in [7, 11) is 0. The summed E-state index contributed by atoms with van der Waals surface area (Å²) in [6, 6.07) is 13.5. The SMILES string of the molecule is Cc1ccc(-c2nc(CO[C@H]3CCC[C@@H](COc4c(C(=O)O)sc5cc(Cl)ccc45)C3)c(C)o2)cc1. The average Bonchev–Trinajstić information content (AvgIpc) is 3.42.